The first-order valence-corrected chi connectivity index (χ1v) is 9.23. The highest BCUT2D eigenvalue weighted by Gasteiger charge is 2.16. The molecule has 7 nitrogen and oxygen atoms in total. The molecule has 1 aliphatic rings. The number of benzene rings is 1. The van der Waals surface area contributed by atoms with Crippen molar-refractivity contribution in [1.29, 1.82) is 0 Å². The number of anilines is 2. The van der Waals surface area contributed by atoms with Gasteiger partial charge in [0.1, 0.15) is 0 Å². The summed E-state index contributed by atoms with van der Waals surface area (Å²) in [6, 6.07) is 5.81. The van der Waals surface area contributed by atoms with Crippen molar-refractivity contribution in [2.75, 3.05) is 36.5 Å². The summed E-state index contributed by atoms with van der Waals surface area (Å²) < 4.78 is 5.33. The number of aromatic nitrogens is 2. The monoisotopic (exact) mass is 370 g/mol. The van der Waals surface area contributed by atoms with Crippen molar-refractivity contribution in [2.45, 2.75) is 33.6 Å². The van der Waals surface area contributed by atoms with E-state index in [-0.39, 0.29) is 17.9 Å². The van der Waals surface area contributed by atoms with E-state index in [2.05, 4.69) is 15.3 Å². The first-order chi connectivity index (χ1) is 12.9. The number of aromatic amines is 1. The average Bonchev–Trinajstić information content (AvgIpc) is 2.64. The van der Waals surface area contributed by atoms with Gasteiger partial charge in [-0.05, 0) is 50.5 Å². The molecule has 0 radical (unpaired) electrons. The molecule has 144 valence electrons. The zero-order valence-corrected chi connectivity index (χ0v) is 16.1. The minimum Gasteiger partial charge on any atom is -0.378 e. The summed E-state index contributed by atoms with van der Waals surface area (Å²) >= 11 is 0. The molecular weight excluding hydrogens is 344 g/mol. The third-order valence-electron chi connectivity index (χ3n) is 4.91. The fraction of sp³-hybridized carbons (Fsp3) is 0.450. The van der Waals surface area contributed by atoms with E-state index >= 15 is 0 Å². The van der Waals surface area contributed by atoms with E-state index in [9.17, 15) is 9.59 Å². The standard InChI is InChI=1S/C20H26N4O3/c1-13-4-5-16(12-14(13)2)22-18(25)7-6-17-15(3)21-20(23-19(17)26)24-8-10-27-11-9-24/h4-5,12H,6-11H2,1-3H3,(H,22,25)(H,21,23,26). The molecule has 7 heteroatoms. The Morgan fingerprint density at radius 2 is 1.96 bits per heavy atom. The Balaban J connectivity index is 1.64. The fourth-order valence-electron chi connectivity index (χ4n) is 3.10. The van der Waals surface area contributed by atoms with Crippen LogP contribution < -0.4 is 15.8 Å². The van der Waals surface area contributed by atoms with Gasteiger partial charge in [-0.2, -0.15) is 0 Å². The second-order valence-corrected chi connectivity index (χ2v) is 6.90. The number of hydrogen-bond donors (Lipinski definition) is 2. The van der Waals surface area contributed by atoms with Gasteiger partial charge in [0.05, 0.1) is 13.2 Å². The Bertz CT molecular complexity index is 885. The third-order valence-corrected chi connectivity index (χ3v) is 4.91. The fourth-order valence-corrected chi connectivity index (χ4v) is 3.10. The maximum atomic E-state index is 12.5. The van der Waals surface area contributed by atoms with Crippen LogP contribution in [0.5, 0.6) is 0 Å². The number of rotatable bonds is 5. The number of hydrogen-bond acceptors (Lipinski definition) is 5. The molecule has 0 spiro atoms. The molecule has 2 heterocycles. The third kappa shape index (κ3) is 4.74. The van der Waals surface area contributed by atoms with Crippen LogP contribution in [0.3, 0.4) is 0 Å². The van der Waals surface area contributed by atoms with Gasteiger partial charge in [0.25, 0.3) is 5.56 Å². The lowest BCUT2D eigenvalue weighted by Gasteiger charge is -2.27. The molecule has 1 saturated heterocycles. The highest BCUT2D eigenvalue weighted by atomic mass is 16.5. The van der Waals surface area contributed by atoms with E-state index in [1.165, 1.54) is 5.56 Å². The number of H-pyrrole nitrogens is 1. The zero-order valence-electron chi connectivity index (χ0n) is 16.1. The lowest BCUT2D eigenvalue weighted by molar-refractivity contribution is -0.116. The average molecular weight is 370 g/mol. The number of carbonyl (C=O) groups excluding carboxylic acids is 1. The van der Waals surface area contributed by atoms with Crippen LogP contribution in [0.25, 0.3) is 0 Å². The highest BCUT2D eigenvalue weighted by Crippen LogP contribution is 2.15. The SMILES string of the molecule is Cc1ccc(NC(=O)CCc2c(C)nc(N3CCOCC3)[nH]c2=O)cc1C. The lowest BCUT2D eigenvalue weighted by Crippen LogP contribution is -2.38. The molecule has 0 bridgehead atoms. The smallest absolute Gasteiger partial charge is 0.255 e. The molecule has 1 aromatic carbocycles. The molecular formula is C20H26N4O3. The van der Waals surface area contributed by atoms with E-state index in [1.807, 2.05) is 43.9 Å². The molecule has 0 unspecified atom stereocenters. The van der Waals surface area contributed by atoms with E-state index in [1.54, 1.807) is 0 Å². The maximum Gasteiger partial charge on any atom is 0.255 e. The van der Waals surface area contributed by atoms with Gasteiger partial charge in [-0.25, -0.2) is 4.98 Å². The molecule has 2 N–H and O–H groups in total. The molecule has 0 aliphatic carbocycles. The van der Waals surface area contributed by atoms with Crippen molar-refractivity contribution < 1.29 is 9.53 Å². The van der Waals surface area contributed by atoms with Crippen molar-refractivity contribution in [2.24, 2.45) is 0 Å². The minimum atomic E-state index is -0.178. The van der Waals surface area contributed by atoms with Gasteiger partial charge in [0, 0.05) is 36.5 Å². The topological polar surface area (TPSA) is 87.3 Å². The number of ether oxygens (including phenoxy) is 1. The Kier molecular flexibility index (Phi) is 5.91. The van der Waals surface area contributed by atoms with Gasteiger partial charge in [-0.3, -0.25) is 14.6 Å². The first kappa shape index (κ1) is 19.1. The Morgan fingerprint density at radius 3 is 2.63 bits per heavy atom. The molecule has 0 saturated carbocycles. The van der Waals surface area contributed by atoms with Crippen LogP contribution in [-0.2, 0) is 16.0 Å². The van der Waals surface area contributed by atoms with Crippen LogP contribution in [0.4, 0.5) is 11.6 Å². The van der Waals surface area contributed by atoms with Gasteiger partial charge >= 0.3 is 0 Å². The Morgan fingerprint density at radius 1 is 1.22 bits per heavy atom. The van der Waals surface area contributed by atoms with Gasteiger partial charge in [-0.1, -0.05) is 6.07 Å². The second kappa shape index (κ2) is 8.35. The number of carbonyl (C=O) groups is 1. The van der Waals surface area contributed by atoms with Crippen LogP contribution in [0.2, 0.25) is 0 Å². The number of aryl methyl sites for hydroxylation is 3. The molecule has 1 aromatic heterocycles. The van der Waals surface area contributed by atoms with E-state index in [4.69, 9.17) is 4.74 Å². The van der Waals surface area contributed by atoms with Gasteiger partial charge in [0.2, 0.25) is 11.9 Å². The minimum absolute atomic E-state index is 0.116. The van der Waals surface area contributed by atoms with Crippen LogP contribution in [0.15, 0.2) is 23.0 Å². The van der Waals surface area contributed by atoms with E-state index in [0.717, 1.165) is 11.3 Å². The predicted molar refractivity (Wildman–Crippen MR) is 105 cm³/mol. The van der Waals surface area contributed by atoms with Crippen molar-refractivity contribution in [3.8, 4) is 0 Å². The predicted octanol–water partition coefficient (Wildman–Crippen LogP) is 2.10. The van der Waals surface area contributed by atoms with Crippen LogP contribution in [0.1, 0.15) is 28.8 Å². The van der Waals surface area contributed by atoms with E-state index < -0.39 is 0 Å². The molecule has 1 fully saturated rings. The second-order valence-electron chi connectivity index (χ2n) is 6.90. The quantitative estimate of drug-likeness (QED) is 0.842. The lowest BCUT2D eigenvalue weighted by atomic mass is 10.1. The van der Waals surface area contributed by atoms with Crippen molar-refractivity contribution in [3.63, 3.8) is 0 Å². The molecule has 27 heavy (non-hydrogen) atoms. The summed E-state index contributed by atoms with van der Waals surface area (Å²) in [5, 5.41) is 2.89. The Labute approximate surface area is 158 Å². The number of nitrogens with one attached hydrogen (secondary N) is 2. The summed E-state index contributed by atoms with van der Waals surface area (Å²) in [7, 11) is 0. The number of morpholine rings is 1. The summed E-state index contributed by atoms with van der Waals surface area (Å²) in [5.41, 5.74) is 4.13. The van der Waals surface area contributed by atoms with Crippen LogP contribution >= 0.6 is 0 Å². The maximum absolute atomic E-state index is 12.5. The molecule has 1 amide bonds. The summed E-state index contributed by atoms with van der Waals surface area (Å²) in [4.78, 5) is 34.1. The normalized spacial score (nSPS) is 14.3. The number of nitrogens with zero attached hydrogens (tertiary/aromatic N) is 2. The Hall–Kier alpha value is -2.67. The highest BCUT2D eigenvalue weighted by molar-refractivity contribution is 5.90. The van der Waals surface area contributed by atoms with Crippen molar-refractivity contribution in [1.82, 2.24) is 9.97 Å². The van der Waals surface area contributed by atoms with Gasteiger partial charge in [0.15, 0.2) is 0 Å². The first-order valence-electron chi connectivity index (χ1n) is 9.23. The zero-order chi connectivity index (χ0) is 19.4. The molecule has 1 aliphatic heterocycles. The largest absolute Gasteiger partial charge is 0.378 e. The van der Waals surface area contributed by atoms with Crippen LogP contribution in [0, 0.1) is 20.8 Å². The van der Waals surface area contributed by atoms with Gasteiger partial charge in [-0.15, -0.1) is 0 Å². The molecule has 0 atom stereocenters. The van der Waals surface area contributed by atoms with Crippen LogP contribution in [-0.4, -0.2) is 42.2 Å². The van der Waals surface area contributed by atoms with Crippen molar-refractivity contribution in [3.05, 3.63) is 50.9 Å². The van der Waals surface area contributed by atoms with Crippen molar-refractivity contribution >= 4 is 17.5 Å². The van der Waals surface area contributed by atoms with E-state index in [0.29, 0.717) is 49.9 Å². The summed E-state index contributed by atoms with van der Waals surface area (Å²) in [5.74, 6) is 0.457. The molecule has 2 aromatic rings. The number of amides is 1. The summed E-state index contributed by atoms with van der Waals surface area (Å²) in [6.07, 6.45) is 0.587. The van der Waals surface area contributed by atoms with Gasteiger partial charge < -0.3 is 15.0 Å². The summed E-state index contributed by atoms with van der Waals surface area (Å²) in [6.45, 7) is 8.53. The molecule has 3 rings (SSSR count).